The highest BCUT2D eigenvalue weighted by molar-refractivity contribution is 5.98. The molecule has 0 fully saturated rings. The SMILES string of the molecule is O=C(N[C@@H](CO)C(=O)Nn1cnnc1)c1cnc2ccccc2n1. The molecule has 2 amide bonds. The zero-order valence-electron chi connectivity index (χ0n) is 12.3. The molecule has 0 radical (unpaired) electrons. The Morgan fingerprint density at radius 1 is 1.17 bits per heavy atom. The van der Waals surface area contributed by atoms with Crippen LogP contribution in [0.2, 0.25) is 0 Å². The Balaban J connectivity index is 1.72. The van der Waals surface area contributed by atoms with E-state index in [-0.39, 0.29) is 5.69 Å². The molecule has 2 heterocycles. The standard InChI is InChI=1S/C14H13N7O3/c22-6-12(14(24)20-21-7-16-17-8-21)19-13(23)11-5-15-9-3-1-2-4-10(9)18-11/h1-5,7-8,12,22H,6H2,(H,19,23)(H,20,24)/t12-/m0/s1. The summed E-state index contributed by atoms with van der Waals surface area (Å²) in [5, 5.41) is 18.8. The first-order valence-electron chi connectivity index (χ1n) is 6.96. The van der Waals surface area contributed by atoms with E-state index in [2.05, 4.69) is 30.9 Å². The first kappa shape index (κ1) is 15.5. The first-order valence-corrected chi connectivity index (χ1v) is 6.96. The molecular formula is C14H13N7O3. The van der Waals surface area contributed by atoms with Crippen molar-refractivity contribution in [1.82, 2.24) is 30.2 Å². The van der Waals surface area contributed by atoms with Crippen LogP contribution in [-0.4, -0.2) is 54.4 Å². The Bertz CT molecular complexity index is 866. The van der Waals surface area contributed by atoms with Gasteiger partial charge in [-0.1, -0.05) is 12.1 Å². The number of benzene rings is 1. The van der Waals surface area contributed by atoms with E-state index >= 15 is 0 Å². The van der Waals surface area contributed by atoms with Gasteiger partial charge in [-0.15, -0.1) is 10.2 Å². The van der Waals surface area contributed by atoms with Crippen molar-refractivity contribution < 1.29 is 14.7 Å². The van der Waals surface area contributed by atoms with E-state index in [0.29, 0.717) is 11.0 Å². The molecule has 0 unspecified atom stereocenters. The fraction of sp³-hybridized carbons (Fsp3) is 0.143. The molecular weight excluding hydrogens is 314 g/mol. The number of nitrogens with zero attached hydrogens (tertiary/aromatic N) is 5. The van der Waals surface area contributed by atoms with E-state index in [1.807, 2.05) is 6.07 Å². The van der Waals surface area contributed by atoms with Gasteiger partial charge in [0.15, 0.2) is 0 Å². The number of aliphatic hydroxyl groups is 1. The Morgan fingerprint density at radius 3 is 2.58 bits per heavy atom. The van der Waals surface area contributed by atoms with E-state index in [1.165, 1.54) is 23.5 Å². The van der Waals surface area contributed by atoms with Crippen LogP contribution in [-0.2, 0) is 4.79 Å². The number of rotatable bonds is 5. The Morgan fingerprint density at radius 2 is 1.88 bits per heavy atom. The second kappa shape index (κ2) is 6.79. The zero-order valence-corrected chi connectivity index (χ0v) is 12.3. The highest BCUT2D eigenvalue weighted by Crippen LogP contribution is 2.08. The Kier molecular flexibility index (Phi) is 4.38. The number of carbonyl (C=O) groups excluding carboxylic acids is 2. The quantitative estimate of drug-likeness (QED) is 0.551. The van der Waals surface area contributed by atoms with Gasteiger partial charge in [-0.3, -0.25) is 20.0 Å². The summed E-state index contributed by atoms with van der Waals surface area (Å²) in [4.78, 5) is 32.6. The third-order valence-electron chi connectivity index (χ3n) is 3.14. The molecule has 0 bridgehead atoms. The monoisotopic (exact) mass is 327 g/mol. The lowest BCUT2D eigenvalue weighted by atomic mass is 10.2. The molecule has 122 valence electrons. The van der Waals surface area contributed by atoms with Gasteiger partial charge in [-0.25, -0.2) is 9.66 Å². The normalized spacial score (nSPS) is 11.9. The zero-order chi connectivity index (χ0) is 16.9. The van der Waals surface area contributed by atoms with Gasteiger partial charge < -0.3 is 10.4 Å². The molecule has 0 saturated carbocycles. The van der Waals surface area contributed by atoms with Crippen molar-refractivity contribution in [2.24, 2.45) is 0 Å². The largest absolute Gasteiger partial charge is 0.394 e. The molecule has 2 aromatic heterocycles. The number of aliphatic hydroxyl groups excluding tert-OH is 1. The lowest BCUT2D eigenvalue weighted by molar-refractivity contribution is -0.119. The molecule has 1 aromatic carbocycles. The van der Waals surface area contributed by atoms with Crippen LogP contribution in [0.15, 0.2) is 43.1 Å². The summed E-state index contributed by atoms with van der Waals surface area (Å²) in [6.45, 7) is -0.583. The highest BCUT2D eigenvalue weighted by Gasteiger charge is 2.22. The van der Waals surface area contributed by atoms with E-state index in [9.17, 15) is 14.7 Å². The van der Waals surface area contributed by atoms with Gasteiger partial charge in [0.25, 0.3) is 11.8 Å². The van der Waals surface area contributed by atoms with Crippen LogP contribution >= 0.6 is 0 Å². The third kappa shape index (κ3) is 3.33. The minimum atomic E-state index is -1.16. The topological polar surface area (TPSA) is 135 Å². The van der Waals surface area contributed by atoms with Crippen molar-refractivity contribution in [3.05, 3.63) is 48.8 Å². The predicted molar refractivity (Wildman–Crippen MR) is 82.3 cm³/mol. The van der Waals surface area contributed by atoms with Gasteiger partial charge in [0, 0.05) is 0 Å². The highest BCUT2D eigenvalue weighted by atomic mass is 16.3. The van der Waals surface area contributed by atoms with Crippen molar-refractivity contribution in [2.75, 3.05) is 12.0 Å². The van der Waals surface area contributed by atoms with Gasteiger partial charge >= 0.3 is 0 Å². The Hall–Kier alpha value is -3.40. The number of para-hydroxylation sites is 2. The number of nitrogens with one attached hydrogen (secondary N) is 2. The fourth-order valence-corrected chi connectivity index (χ4v) is 1.96. The van der Waals surface area contributed by atoms with Gasteiger partial charge in [0.05, 0.1) is 23.8 Å². The van der Waals surface area contributed by atoms with Gasteiger partial charge in [-0.2, -0.15) is 0 Å². The van der Waals surface area contributed by atoms with E-state index < -0.39 is 24.5 Å². The van der Waals surface area contributed by atoms with Crippen LogP contribution in [0.5, 0.6) is 0 Å². The van der Waals surface area contributed by atoms with Crippen molar-refractivity contribution in [3.63, 3.8) is 0 Å². The van der Waals surface area contributed by atoms with Gasteiger partial charge in [0.2, 0.25) is 0 Å². The van der Waals surface area contributed by atoms with E-state index in [0.717, 1.165) is 0 Å². The predicted octanol–water partition coefficient (Wildman–Crippen LogP) is -0.918. The summed E-state index contributed by atoms with van der Waals surface area (Å²) >= 11 is 0. The maximum atomic E-state index is 12.2. The molecule has 3 rings (SSSR count). The number of amides is 2. The lowest BCUT2D eigenvalue weighted by Gasteiger charge is -2.15. The Labute approximate surface area is 135 Å². The fourth-order valence-electron chi connectivity index (χ4n) is 1.96. The van der Waals surface area contributed by atoms with Crippen LogP contribution in [0.3, 0.4) is 0 Å². The second-order valence-electron chi connectivity index (χ2n) is 4.80. The van der Waals surface area contributed by atoms with E-state index in [4.69, 9.17) is 0 Å². The molecule has 0 aliphatic rings. The molecule has 0 aliphatic carbocycles. The van der Waals surface area contributed by atoms with Gasteiger partial charge in [-0.05, 0) is 12.1 Å². The molecule has 0 aliphatic heterocycles. The van der Waals surface area contributed by atoms with Crippen LogP contribution in [0.1, 0.15) is 10.5 Å². The maximum absolute atomic E-state index is 12.2. The summed E-state index contributed by atoms with van der Waals surface area (Å²) in [7, 11) is 0. The smallest absolute Gasteiger partial charge is 0.272 e. The number of fused-ring (bicyclic) bond motifs is 1. The molecule has 10 nitrogen and oxygen atoms in total. The molecule has 1 atom stereocenters. The average molecular weight is 327 g/mol. The van der Waals surface area contributed by atoms with Crippen LogP contribution in [0.25, 0.3) is 11.0 Å². The summed E-state index contributed by atoms with van der Waals surface area (Å²) in [6.07, 6.45) is 3.84. The third-order valence-corrected chi connectivity index (χ3v) is 3.14. The molecule has 3 N–H and O–H groups in total. The number of aromatic nitrogens is 5. The first-order chi connectivity index (χ1) is 11.7. The van der Waals surface area contributed by atoms with E-state index in [1.54, 1.807) is 18.2 Å². The van der Waals surface area contributed by atoms with Crippen LogP contribution in [0, 0.1) is 0 Å². The molecule has 3 aromatic rings. The minimum absolute atomic E-state index is 0.0456. The number of carbonyl (C=O) groups is 2. The molecule has 0 spiro atoms. The summed E-state index contributed by atoms with van der Waals surface area (Å²) in [5.74, 6) is -1.24. The molecule has 24 heavy (non-hydrogen) atoms. The number of hydrogen-bond donors (Lipinski definition) is 3. The van der Waals surface area contributed by atoms with Crippen LogP contribution in [0.4, 0.5) is 0 Å². The lowest BCUT2D eigenvalue weighted by Crippen LogP contribution is -2.48. The number of hydrogen-bond acceptors (Lipinski definition) is 7. The minimum Gasteiger partial charge on any atom is -0.394 e. The molecule has 10 heteroatoms. The maximum Gasteiger partial charge on any atom is 0.272 e. The molecule has 0 saturated heterocycles. The summed E-state index contributed by atoms with van der Waals surface area (Å²) in [6, 6.07) is 5.93. The second-order valence-corrected chi connectivity index (χ2v) is 4.80. The van der Waals surface area contributed by atoms with Crippen molar-refractivity contribution in [2.45, 2.75) is 6.04 Å². The van der Waals surface area contributed by atoms with Crippen molar-refractivity contribution in [1.29, 1.82) is 0 Å². The summed E-state index contributed by atoms with van der Waals surface area (Å²) < 4.78 is 1.20. The van der Waals surface area contributed by atoms with Crippen LogP contribution < -0.4 is 10.7 Å². The average Bonchev–Trinajstić information content (AvgIpc) is 3.11. The summed E-state index contributed by atoms with van der Waals surface area (Å²) in [5.41, 5.74) is 3.65. The van der Waals surface area contributed by atoms with Crippen molar-refractivity contribution >= 4 is 22.8 Å². The van der Waals surface area contributed by atoms with Gasteiger partial charge in [0.1, 0.15) is 24.4 Å². The van der Waals surface area contributed by atoms with Crippen molar-refractivity contribution in [3.8, 4) is 0 Å².